The lowest BCUT2D eigenvalue weighted by Crippen LogP contribution is -2.29. The first kappa shape index (κ1) is 28.8. The third-order valence-electron chi connectivity index (χ3n) is 7.87. The van der Waals surface area contributed by atoms with Crippen molar-refractivity contribution < 1.29 is 23.4 Å². The first-order valence-electron chi connectivity index (χ1n) is 14.2. The van der Waals surface area contributed by atoms with E-state index >= 15 is 4.39 Å². The highest BCUT2D eigenvalue weighted by Gasteiger charge is 2.35. The number of pyridine rings is 1. The van der Waals surface area contributed by atoms with Crippen LogP contribution < -0.4 is 4.74 Å². The summed E-state index contributed by atoms with van der Waals surface area (Å²) in [6, 6.07) is 14.0. The van der Waals surface area contributed by atoms with Gasteiger partial charge in [-0.1, -0.05) is 30.3 Å². The van der Waals surface area contributed by atoms with E-state index in [2.05, 4.69) is 22.8 Å². The lowest BCUT2D eigenvalue weighted by molar-refractivity contribution is -0.164. The number of esters is 1. The van der Waals surface area contributed by atoms with Crippen LogP contribution in [0, 0.1) is 19.7 Å². The van der Waals surface area contributed by atoms with E-state index in [1.165, 1.54) is 12.7 Å². The Morgan fingerprint density at radius 3 is 2.56 bits per heavy atom. The first-order chi connectivity index (χ1) is 19.5. The van der Waals surface area contributed by atoms with Crippen molar-refractivity contribution in [3.8, 4) is 16.9 Å². The summed E-state index contributed by atoms with van der Waals surface area (Å²) in [7, 11) is 3.36. The summed E-state index contributed by atoms with van der Waals surface area (Å²) in [4.78, 5) is 18.3. The van der Waals surface area contributed by atoms with Crippen molar-refractivity contribution in [1.82, 2.24) is 9.55 Å². The van der Waals surface area contributed by atoms with Gasteiger partial charge >= 0.3 is 5.97 Å². The molecule has 5 rings (SSSR count). The smallest absolute Gasteiger partial charge is 0.339 e. The summed E-state index contributed by atoms with van der Waals surface area (Å²) < 4.78 is 35.1. The van der Waals surface area contributed by atoms with Gasteiger partial charge < -0.3 is 18.8 Å². The SMILES string of the molecule is COC(=O)C(OC(C)(C)C)c1c(C)nc2c(cc(CCc3ccccc3)n2C)c1-c1cc(F)c2c(c1C)CCCO2. The molecule has 2 aromatic heterocycles. The van der Waals surface area contributed by atoms with Crippen molar-refractivity contribution in [2.75, 3.05) is 13.7 Å². The number of ether oxygens (including phenoxy) is 3. The topological polar surface area (TPSA) is 62.6 Å². The monoisotopic (exact) mass is 558 g/mol. The molecule has 3 heterocycles. The Balaban J connectivity index is 1.79. The third-order valence-corrected chi connectivity index (χ3v) is 7.87. The zero-order chi connectivity index (χ0) is 29.5. The van der Waals surface area contributed by atoms with Gasteiger partial charge in [0.1, 0.15) is 5.65 Å². The van der Waals surface area contributed by atoms with E-state index in [9.17, 15) is 4.79 Å². The Kier molecular flexibility index (Phi) is 7.93. The summed E-state index contributed by atoms with van der Waals surface area (Å²) in [5.74, 6) is -0.598. The number of carbonyl (C=O) groups excluding carboxylic acids is 1. The van der Waals surface area contributed by atoms with Crippen LogP contribution in [0.5, 0.6) is 5.75 Å². The number of aryl methyl sites for hydroxylation is 4. The Labute approximate surface area is 241 Å². The minimum Gasteiger partial charge on any atom is -0.490 e. The standard InChI is InChI=1S/C34H39FN2O4/c1-20-24-14-11-17-40-30(24)27(35)19-25(20)29-26-18-23(16-15-22-12-9-8-10-13-22)37(6)32(26)36-21(2)28(29)31(33(38)39-7)41-34(3,4)5/h8-10,12-13,18-19,31H,11,14-17H2,1-7H3. The van der Waals surface area contributed by atoms with Crippen molar-refractivity contribution >= 4 is 17.0 Å². The number of aromatic nitrogens is 2. The highest BCUT2D eigenvalue weighted by Crippen LogP contribution is 2.45. The Morgan fingerprint density at radius 1 is 1.15 bits per heavy atom. The molecule has 0 N–H and O–H groups in total. The Bertz CT molecular complexity index is 1600. The van der Waals surface area contributed by atoms with Gasteiger partial charge in [-0.2, -0.15) is 0 Å². The van der Waals surface area contributed by atoms with Crippen LogP contribution in [0.3, 0.4) is 0 Å². The molecule has 4 aromatic rings. The molecule has 6 nitrogen and oxygen atoms in total. The van der Waals surface area contributed by atoms with Crippen LogP contribution in [0.1, 0.15) is 66.9 Å². The molecule has 2 aromatic carbocycles. The molecule has 1 aliphatic rings. The molecular formula is C34H39FN2O4. The second-order valence-corrected chi connectivity index (χ2v) is 11.8. The minimum absolute atomic E-state index is 0.327. The van der Waals surface area contributed by atoms with E-state index < -0.39 is 23.5 Å². The van der Waals surface area contributed by atoms with Crippen molar-refractivity contribution in [2.24, 2.45) is 7.05 Å². The molecule has 0 saturated heterocycles. The van der Waals surface area contributed by atoms with Gasteiger partial charge in [-0.05, 0) is 89.1 Å². The zero-order valence-electron chi connectivity index (χ0n) is 25.1. The van der Waals surface area contributed by atoms with Crippen LogP contribution in [0.15, 0.2) is 42.5 Å². The zero-order valence-corrected chi connectivity index (χ0v) is 25.1. The van der Waals surface area contributed by atoms with Crippen LogP contribution in [0.4, 0.5) is 4.39 Å². The number of fused-ring (bicyclic) bond motifs is 2. The van der Waals surface area contributed by atoms with E-state index in [-0.39, 0.29) is 0 Å². The lowest BCUT2D eigenvalue weighted by Gasteiger charge is -2.29. The van der Waals surface area contributed by atoms with Crippen LogP contribution in [0.2, 0.25) is 0 Å². The number of methoxy groups -OCH3 is 1. The number of rotatable bonds is 7. The summed E-state index contributed by atoms with van der Waals surface area (Å²) in [6.07, 6.45) is 2.17. The van der Waals surface area contributed by atoms with E-state index in [1.54, 1.807) is 6.07 Å². The number of hydrogen-bond acceptors (Lipinski definition) is 5. The molecule has 1 unspecified atom stereocenters. The average molecular weight is 559 g/mol. The highest BCUT2D eigenvalue weighted by atomic mass is 19.1. The molecule has 0 radical (unpaired) electrons. The third kappa shape index (κ3) is 5.60. The first-order valence-corrected chi connectivity index (χ1v) is 14.2. The van der Waals surface area contributed by atoms with Crippen molar-refractivity contribution in [3.63, 3.8) is 0 Å². The molecule has 216 valence electrons. The number of halogens is 1. The fourth-order valence-corrected chi connectivity index (χ4v) is 5.88. The van der Waals surface area contributed by atoms with Crippen LogP contribution >= 0.6 is 0 Å². The second kappa shape index (κ2) is 11.3. The molecule has 0 aliphatic carbocycles. The fourth-order valence-electron chi connectivity index (χ4n) is 5.88. The molecule has 1 aliphatic heterocycles. The second-order valence-electron chi connectivity index (χ2n) is 11.8. The molecular weight excluding hydrogens is 519 g/mol. The molecule has 0 spiro atoms. The molecule has 0 bridgehead atoms. The predicted molar refractivity (Wildman–Crippen MR) is 159 cm³/mol. The molecule has 0 amide bonds. The largest absolute Gasteiger partial charge is 0.490 e. The number of carbonyl (C=O) groups is 1. The Morgan fingerprint density at radius 2 is 1.88 bits per heavy atom. The van der Waals surface area contributed by atoms with Crippen LogP contribution in [-0.4, -0.2) is 34.8 Å². The normalized spacial score (nSPS) is 14.0. The number of nitrogens with zero attached hydrogens (tertiary/aromatic N) is 2. The summed E-state index contributed by atoms with van der Waals surface area (Å²) >= 11 is 0. The van der Waals surface area contributed by atoms with Gasteiger partial charge in [0.25, 0.3) is 0 Å². The summed E-state index contributed by atoms with van der Waals surface area (Å²) in [5.41, 5.74) is 6.96. The fraction of sp³-hybridized carbons (Fsp3) is 0.412. The summed E-state index contributed by atoms with van der Waals surface area (Å²) in [6.45, 7) is 10.1. The molecule has 7 heteroatoms. The van der Waals surface area contributed by atoms with Gasteiger partial charge in [0, 0.05) is 40.5 Å². The quantitative estimate of drug-likeness (QED) is 0.226. The van der Waals surface area contributed by atoms with Gasteiger partial charge in [0.15, 0.2) is 17.7 Å². The van der Waals surface area contributed by atoms with Crippen molar-refractivity contribution in [2.45, 2.75) is 72.0 Å². The predicted octanol–water partition coefficient (Wildman–Crippen LogP) is 7.14. The van der Waals surface area contributed by atoms with E-state index in [0.717, 1.165) is 59.1 Å². The van der Waals surface area contributed by atoms with Crippen LogP contribution in [0.25, 0.3) is 22.2 Å². The average Bonchev–Trinajstić information content (AvgIpc) is 3.26. The van der Waals surface area contributed by atoms with Gasteiger partial charge in [-0.3, -0.25) is 0 Å². The molecule has 1 atom stereocenters. The Hall–Kier alpha value is -3.71. The van der Waals surface area contributed by atoms with Gasteiger partial charge in [-0.15, -0.1) is 0 Å². The molecule has 0 fully saturated rings. The maximum absolute atomic E-state index is 15.7. The maximum atomic E-state index is 15.7. The number of hydrogen-bond donors (Lipinski definition) is 0. The minimum atomic E-state index is -1.05. The van der Waals surface area contributed by atoms with E-state index in [1.807, 2.05) is 59.9 Å². The van der Waals surface area contributed by atoms with E-state index in [4.69, 9.17) is 19.2 Å². The van der Waals surface area contributed by atoms with Crippen molar-refractivity contribution in [1.29, 1.82) is 0 Å². The summed E-state index contributed by atoms with van der Waals surface area (Å²) in [5, 5.41) is 0.849. The van der Waals surface area contributed by atoms with Crippen LogP contribution in [-0.2, 0) is 40.6 Å². The molecule has 41 heavy (non-hydrogen) atoms. The molecule has 0 saturated carbocycles. The van der Waals surface area contributed by atoms with Gasteiger partial charge in [0.2, 0.25) is 0 Å². The maximum Gasteiger partial charge on any atom is 0.339 e. The van der Waals surface area contributed by atoms with Gasteiger partial charge in [0.05, 0.1) is 19.3 Å². The highest BCUT2D eigenvalue weighted by molar-refractivity contribution is 5.99. The number of benzene rings is 2. The van der Waals surface area contributed by atoms with E-state index in [0.29, 0.717) is 29.2 Å². The van der Waals surface area contributed by atoms with Gasteiger partial charge in [-0.25, -0.2) is 14.2 Å². The lowest BCUT2D eigenvalue weighted by atomic mass is 9.86. The van der Waals surface area contributed by atoms with Crippen molar-refractivity contribution in [3.05, 3.63) is 81.9 Å².